The van der Waals surface area contributed by atoms with Crippen molar-refractivity contribution in [3.8, 4) is 0 Å². The summed E-state index contributed by atoms with van der Waals surface area (Å²) in [6.07, 6.45) is 0. The van der Waals surface area contributed by atoms with E-state index < -0.39 is 0 Å². The molecule has 59 valence electrons. The topological polar surface area (TPSA) is 0 Å². The van der Waals surface area contributed by atoms with Gasteiger partial charge < -0.3 is 0 Å². The molecule has 11 heavy (non-hydrogen) atoms. The molecule has 0 saturated heterocycles. The fraction of sp³-hybridized carbons (Fsp3) is 0.222. The van der Waals surface area contributed by atoms with Crippen molar-refractivity contribution in [1.82, 2.24) is 0 Å². The summed E-state index contributed by atoms with van der Waals surface area (Å²) >= 11 is 5.68. The molecule has 0 fully saturated rings. The first-order chi connectivity index (χ1) is 5.11. The van der Waals surface area contributed by atoms with Crippen LogP contribution in [0.5, 0.6) is 0 Å². The lowest BCUT2D eigenvalue weighted by atomic mass is 10.0. The average molecular weight is 172 g/mol. The van der Waals surface area contributed by atoms with Crippen LogP contribution in [0.1, 0.15) is 19.4 Å². The normalized spacial score (nSPS) is 10.6. The second-order valence-corrected chi connectivity index (χ2v) is 3.06. The largest absolute Gasteiger partial charge is 0.207 e. The third-order valence-electron chi connectivity index (χ3n) is 1.47. The Morgan fingerprint density at radius 3 is 2.45 bits per heavy atom. The first-order valence-electron chi connectivity index (χ1n) is 3.37. The van der Waals surface area contributed by atoms with Gasteiger partial charge in [0.25, 0.3) is 0 Å². The van der Waals surface area contributed by atoms with Gasteiger partial charge in [-0.05, 0) is 23.8 Å². The fourth-order valence-electron chi connectivity index (χ4n) is 0.881. The van der Waals surface area contributed by atoms with Crippen molar-refractivity contribution in [3.63, 3.8) is 0 Å². The van der Waals surface area contributed by atoms with E-state index in [1.54, 1.807) is 12.1 Å². The molecular formula is C9H9ClF. The summed E-state index contributed by atoms with van der Waals surface area (Å²) in [5, 5.41) is 0.572. The van der Waals surface area contributed by atoms with Gasteiger partial charge in [-0.3, -0.25) is 0 Å². The van der Waals surface area contributed by atoms with Gasteiger partial charge in [0.1, 0.15) is 5.82 Å². The molecule has 0 spiro atoms. The second kappa shape index (κ2) is 3.22. The summed E-state index contributed by atoms with van der Waals surface area (Å²) in [5.74, 6) is 0.722. The molecule has 0 unspecified atom stereocenters. The average Bonchev–Trinajstić information content (AvgIpc) is 1.94. The molecule has 0 bridgehead atoms. The molecule has 0 nitrogen and oxygen atoms in total. The molecule has 0 N–H and O–H groups in total. The van der Waals surface area contributed by atoms with Crippen molar-refractivity contribution in [2.75, 3.05) is 0 Å². The summed E-state index contributed by atoms with van der Waals surface area (Å²) in [7, 11) is 0. The lowest BCUT2D eigenvalue weighted by molar-refractivity contribution is 0.616. The van der Waals surface area contributed by atoms with Crippen molar-refractivity contribution >= 4 is 11.6 Å². The maximum atomic E-state index is 12.9. The van der Waals surface area contributed by atoms with E-state index in [-0.39, 0.29) is 5.82 Å². The van der Waals surface area contributed by atoms with Crippen LogP contribution in [0.3, 0.4) is 0 Å². The molecule has 1 rings (SSSR count). The summed E-state index contributed by atoms with van der Waals surface area (Å²) in [6.45, 7) is 3.71. The lowest BCUT2D eigenvalue weighted by Crippen LogP contribution is -1.92. The Bertz CT molecular complexity index is 256. The van der Waals surface area contributed by atoms with Crippen LogP contribution in [0.2, 0.25) is 5.02 Å². The minimum atomic E-state index is -0.214. The Kier molecular flexibility index (Phi) is 2.50. The van der Waals surface area contributed by atoms with Crippen LogP contribution >= 0.6 is 11.6 Å². The van der Waals surface area contributed by atoms with Crippen LogP contribution in [0.25, 0.3) is 0 Å². The molecule has 0 aromatic heterocycles. The Morgan fingerprint density at radius 1 is 1.36 bits per heavy atom. The highest BCUT2D eigenvalue weighted by molar-refractivity contribution is 6.30. The number of halogens is 2. The summed E-state index contributed by atoms with van der Waals surface area (Å²) in [6, 6.07) is 4.56. The van der Waals surface area contributed by atoms with Gasteiger partial charge >= 0.3 is 0 Å². The maximum absolute atomic E-state index is 12.9. The van der Waals surface area contributed by atoms with E-state index in [0.717, 1.165) is 5.92 Å². The molecule has 0 saturated carbocycles. The number of hydrogen-bond donors (Lipinski definition) is 0. The van der Waals surface area contributed by atoms with E-state index in [2.05, 4.69) is 0 Å². The lowest BCUT2D eigenvalue weighted by Gasteiger charge is -2.05. The minimum absolute atomic E-state index is 0.214. The van der Waals surface area contributed by atoms with E-state index in [1.807, 2.05) is 13.8 Å². The quantitative estimate of drug-likeness (QED) is 0.607. The number of hydrogen-bond acceptors (Lipinski definition) is 0. The van der Waals surface area contributed by atoms with Crippen molar-refractivity contribution in [3.05, 3.63) is 40.5 Å². The van der Waals surface area contributed by atoms with E-state index in [0.29, 0.717) is 10.6 Å². The first-order valence-corrected chi connectivity index (χ1v) is 3.74. The third-order valence-corrected chi connectivity index (χ3v) is 1.70. The molecular weight excluding hydrogens is 163 g/mol. The maximum Gasteiger partial charge on any atom is 0.127 e. The van der Waals surface area contributed by atoms with Gasteiger partial charge in [0.05, 0.1) is 0 Å². The van der Waals surface area contributed by atoms with Gasteiger partial charge in [-0.1, -0.05) is 25.4 Å². The summed E-state index contributed by atoms with van der Waals surface area (Å²) in [5.41, 5.74) is 0.595. The molecule has 1 aromatic carbocycles. The Hall–Kier alpha value is -0.560. The molecule has 0 aliphatic rings. The van der Waals surface area contributed by atoms with Gasteiger partial charge in [0, 0.05) is 10.9 Å². The van der Waals surface area contributed by atoms with Crippen LogP contribution in [-0.2, 0) is 0 Å². The first kappa shape index (κ1) is 8.54. The van der Waals surface area contributed by atoms with Crippen molar-refractivity contribution in [2.45, 2.75) is 13.8 Å². The van der Waals surface area contributed by atoms with E-state index in [9.17, 15) is 4.39 Å². The summed E-state index contributed by atoms with van der Waals surface area (Å²) < 4.78 is 12.9. The van der Waals surface area contributed by atoms with E-state index in [4.69, 9.17) is 11.6 Å². The van der Waals surface area contributed by atoms with Crippen LogP contribution in [0.15, 0.2) is 18.2 Å². The smallest absolute Gasteiger partial charge is 0.127 e. The van der Waals surface area contributed by atoms with E-state index in [1.165, 1.54) is 6.07 Å². The molecule has 1 radical (unpaired) electrons. The standard InChI is InChI=1S/C9H9ClF/c1-6(2)8-5-7(10)3-4-9(8)11/h3-5H,1-2H3. The van der Waals surface area contributed by atoms with Crippen molar-refractivity contribution < 1.29 is 4.39 Å². The Morgan fingerprint density at radius 2 is 2.00 bits per heavy atom. The van der Waals surface area contributed by atoms with Gasteiger partial charge in [-0.15, -0.1) is 0 Å². The van der Waals surface area contributed by atoms with Gasteiger partial charge in [-0.2, -0.15) is 0 Å². The van der Waals surface area contributed by atoms with Gasteiger partial charge in [0.2, 0.25) is 0 Å². The van der Waals surface area contributed by atoms with Gasteiger partial charge in [-0.25, -0.2) is 4.39 Å². The summed E-state index contributed by atoms with van der Waals surface area (Å²) in [4.78, 5) is 0. The monoisotopic (exact) mass is 171 g/mol. The Balaban J connectivity index is 3.13. The van der Waals surface area contributed by atoms with Crippen LogP contribution in [0, 0.1) is 11.7 Å². The third kappa shape index (κ3) is 1.93. The highest BCUT2D eigenvalue weighted by atomic mass is 35.5. The van der Waals surface area contributed by atoms with Crippen LogP contribution in [0.4, 0.5) is 4.39 Å². The molecule has 1 aromatic rings. The highest BCUT2D eigenvalue weighted by Crippen LogP contribution is 2.21. The zero-order chi connectivity index (χ0) is 8.43. The van der Waals surface area contributed by atoms with Crippen molar-refractivity contribution in [1.29, 1.82) is 0 Å². The van der Waals surface area contributed by atoms with Crippen LogP contribution < -0.4 is 0 Å². The van der Waals surface area contributed by atoms with E-state index >= 15 is 0 Å². The predicted octanol–water partition coefficient (Wildman–Crippen LogP) is 3.44. The molecule has 0 aliphatic carbocycles. The Labute approximate surface area is 71.0 Å². The zero-order valence-corrected chi connectivity index (χ0v) is 7.24. The highest BCUT2D eigenvalue weighted by Gasteiger charge is 2.06. The van der Waals surface area contributed by atoms with Gasteiger partial charge in [0.15, 0.2) is 0 Å². The SMILES string of the molecule is C[C](C)c1cc(Cl)ccc1F. The molecule has 0 amide bonds. The molecule has 2 heteroatoms. The van der Waals surface area contributed by atoms with Crippen LogP contribution in [-0.4, -0.2) is 0 Å². The number of benzene rings is 1. The predicted molar refractivity (Wildman–Crippen MR) is 45.1 cm³/mol. The zero-order valence-electron chi connectivity index (χ0n) is 6.49. The number of rotatable bonds is 1. The second-order valence-electron chi connectivity index (χ2n) is 2.62. The minimum Gasteiger partial charge on any atom is -0.207 e. The molecule has 0 heterocycles. The van der Waals surface area contributed by atoms with Crippen molar-refractivity contribution in [2.24, 2.45) is 0 Å². The molecule has 0 atom stereocenters. The molecule has 0 aliphatic heterocycles. The fourth-order valence-corrected chi connectivity index (χ4v) is 1.05.